The highest BCUT2D eigenvalue weighted by atomic mass is 79.9. The highest BCUT2D eigenvalue weighted by Gasteiger charge is 2.28. The van der Waals surface area contributed by atoms with E-state index in [4.69, 9.17) is 0 Å². The Hall–Kier alpha value is -1.11. The second kappa shape index (κ2) is 5.03. The van der Waals surface area contributed by atoms with Gasteiger partial charge in [-0.05, 0) is 24.6 Å². The molecule has 7 heteroatoms. The van der Waals surface area contributed by atoms with Crippen LogP contribution in [0.5, 0.6) is 0 Å². The lowest BCUT2D eigenvalue weighted by molar-refractivity contribution is -0.123. The zero-order valence-corrected chi connectivity index (χ0v) is 10.2. The summed E-state index contributed by atoms with van der Waals surface area (Å²) in [5.74, 6) is -1.92. The predicted octanol–water partition coefficient (Wildman–Crippen LogP) is 3.19. The van der Waals surface area contributed by atoms with Crippen molar-refractivity contribution in [3.05, 3.63) is 33.5 Å². The number of alkyl halides is 3. The van der Waals surface area contributed by atoms with E-state index in [-0.39, 0.29) is 5.56 Å². The first-order valence-electron chi connectivity index (χ1n) is 4.52. The lowest BCUT2D eigenvalue weighted by Gasteiger charge is -2.10. The van der Waals surface area contributed by atoms with Crippen molar-refractivity contribution in [1.82, 2.24) is 5.32 Å². The van der Waals surface area contributed by atoms with E-state index >= 15 is 0 Å². The molecule has 0 aliphatic heterocycles. The molecule has 0 atom stereocenters. The van der Waals surface area contributed by atoms with E-state index < -0.39 is 30.0 Å². The van der Waals surface area contributed by atoms with Gasteiger partial charge in [0, 0.05) is 4.47 Å². The molecule has 0 saturated heterocycles. The molecule has 0 saturated carbocycles. The molecule has 0 fully saturated rings. The van der Waals surface area contributed by atoms with Gasteiger partial charge in [0.25, 0.3) is 5.91 Å². The van der Waals surface area contributed by atoms with E-state index in [1.807, 2.05) is 0 Å². The molecule has 2 nitrogen and oxygen atoms in total. The Kier molecular flexibility index (Phi) is 4.13. The van der Waals surface area contributed by atoms with E-state index in [1.54, 1.807) is 5.32 Å². The molecule has 94 valence electrons. The number of hydrogen-bond donors (Lipinski definition) is 1. The van der Waals surface area contributed by atoms with Gasteiger partial charge in [-0.1, -0.05) is 15.9 Å². The number of carbonyl (C=O) groups excluding carboxylic acids is 1. The molecule has 0 unspecified atom stereocenters. The summed E-state index contributed by atoms with van der Waals surface area (Å²) < 4.78 is 49.6. The first kappa shape index (κ1) is 14.0. The van der Waals surface area contributed by atoms with Crippen LogP contribution < -0.4 is 5.32 Å². The minimum absolute atomic E-state index is 0.171. The van der Waals surface area contributed by atoms with Crippen molar-refractivity contribution in [3.8, 4) is 0 Å². The van der Waals surface area contributed by atoms with Crippen molar-refractivity contribution in [2.45, 2.75) is 13.1 Å². The summed E-state index contributed by atoms with van der Waals surface area (Å²) >= 11 is 3.05. The van der Waals surface area contributed by atoms with Gasteiger partial charge in [0.2, 0.25) is 0 Å². The maximum atomic E-state index is 13.6. The summed E-state index contributed by atoms with van der Waals surface area (Å²) in [4.78, 5) is 11.3. The van der Waals surface area contributed by atoms with E-state index in [2.05, 4.69) is 15.9 Å². The van der Waals surface area contributed by atoms with Crippen LogP contribution in [0.2, 0.25) is 0 Å². The van der Waals surface area contributed by atoms with Gasteiger partial charge in [-0.25, -0.2) is 4.39 Å². The van der Waals surface area contributed by atoms with Crippen molar-refractivity contribution in [3.63, 3.8) is 0 Å². The third-order valence-corrected chi connectivity index (χ3v) is 2.87. The molecule has 1 rings (SSSR count). The Balaban J connectivity index is 2.87. The summed E-state index contributed by atoms with van der Waals surface area (Å²) in [7, 11) is 0. The van der Waals surface area contributed by atoms with Gasteiger partial charge in [0.05, 0.1) is 5.56 Å². The second-order valence-electron chi connectivity index (χ2n) is 3.33. The van der Waals surface area contributed by atoms with Crippen LogP contribution >= 0.6 is 15.9 Å². The molecule has 0 aromatic heterocycles. The van der Waals surface area contributed by atoms with Crippen molar-refractivity contribution >= 4 is 21.8 Å². The molecule has 1 aromatic rings. The van der Waals surface area contributed by atoms with Crippen LogP contribution in [-0.4, -0.2) is 18.6 Å². The number of benzene rings is 1. The van der Waals surface area contributed by atoms with Crippen LogP contribution in [0.25, 0.3) is 0 Å². The van der Waals surface area contributed by atoms with E-state index in [9.17, 15) is 22.4 Å². The van der Waals surface area contributed by atoms with E-state index in [1.165, 1.54) is 13.0 Å². The Morgan fingerprint density at radius 3 is 2.53 bits per heavy atom. The minimum atomic E-state index is -4.52. The fourth-order valence-electron chi connectivity index (χ4n) is 1.11. The predicted molar refractivity (Wildman–Crippen MR) is 57.2 cm³/mol. The smallest absolute Gasteiger partial charge is 0.343 e. The Morgan fingerprint density at radius 1 is 1.41 bits per heavy atom. The molecule has 0 radical (unpaired) electrons. The van der Waals surface area contributed by atoms with Gasteiger partial charge in [0.15, 0.2) is 0 Å². The van der Waals surface area contributed by atoms with Crippen LogP contribution in [0.15, 0.2) is 16.6 Å². The normalized spacial score (nSPS) is 11.4. The Labute approximate surface area is 103 Å². The van der Waals surface area contributed by atoms with E-state index in [0.717, 1.165) is 6.07 Å². The number of carbonyl (C=O) groups is 1. The zero-order valence-electron chi connectivity index (χ0n) is 8.66. The maximum absolute atomic E-state index is 13.6. The summed E-state index contributed by atoms with van der Waals surface area (Å²) in [5, 5.41) is 1.61. The second-order valence-corrected chi connectivity index (χ2v) is 4.19. The van der Waals surface area contributed by atoms with Gasteiger partial charge in [-0.3, -0.25) is 4.79 Å². The summed E-state index contributed by atoms with van der Waals surface area (Å²) in [6.45, 7) is -0.0691. The lowest BCUT2D eigenvalue weighted by Crippen LogP contribution is -2.34. The highest BCUT2D eigenvalue weighted by Crippen LogP contribution is 2.22. The fraction of sp³-hybridized carbons (Fsp3) is 0.300. The molecule has 0 spiro atoms. The number of rotatable bonds is 2. The molecule has 0 bridgehead atoms. The number of nitrogens with one attached hydrogen (secondary N) is 1. The number of halogens is 5. The highest BCUT2D eigenvalue weighted by molar-refractivity contribution is 9.10. The Bertz CT molecular complexity index is 445. The molecule has 1 amide bonds. The van der Waals surface area contributed by atoms with Crippen molar-refractivity contribution in [2.75, 3.05) is 6.54 Å². The maximum Gasteiger partial charge on any atom is 0.405 e. The summed E-state index contributed by atoms with van der Waals surface area (Å²) in [6.07, 6.45) is -4.52. The first-order chi connectivity index (χ1) is 7.72. The molecule has 0 aliphatic rings. The number of hydrogen-bond acceptors (Lipinski definition) is 1. The molecular formula is C10H8BrF4NO. The third kappa shape index (κ3) is 3.69. The average molecular weight is 314 g/mol. The van der Waals surface area contributed by atoms with Crippen LogP contribution in [0, 0.1) is 12.7 Å². The standard InChI is InChI=1S/C10H8BrF4NO/c1-5-7(11)3-2-6(8(5)12)9(17)16-4-10(13,14)15/h2-3H,4H2,1H3,(H,16,17). The van der Waals surface area contributed by atoms with Crippen molar-refractivity contribution in [1.29, 1.82) is 0 Å². The largest absolute Gasteiger partial charge is 0.405 e. The van der Waals surface area contributed by atoms with Crippen LogP contribution in [0.3, 0.4) is 0 Å². The van der Waals surface area contributed by atoms with Gasteiger partial charge in [0.1, 0.15) is 12.4 Å². The summed E-state index contributed by atoms with van der Waals surface area (Å²) in [5.41, 5.74) is -0.236. The van der Waals surface area contributed by atoms with Crippen molar-refractivity contribution < 1.29 is 22.4 Å². The van der Waals surface area contributed by atoms with E-state index in [0.29, 0.717) is 4.47 Å². The summed E-state index contributed by atoms with van der Waals surface area (Å²) in [6, 6.07) is 2.53. The van der Waals surface area contributed by atoms with Crippen LogP contribution in [0.4, 0.5) is 17.6 Å². The molecular weight excluding hydrogens is 306 g/mol. The van der Waals surface area contributed by atoms with Gasteiger partial charge >= 0.3 is 6.18 Å². The molecule has 1 aromatic carbocycles. The first-order valence-corrected chi connectivity index (χ1v) is 5.31. The average Bonchev–Trinajstić information content (AvgIpc) is 2.22. The minimum Gasteiger partial charge on any atom is -0.343 e. The SMILES string of the molecule is Cc1c(Br)ccc(C(=O)NCC(F)(F)F)c1F. The Morgan fingerprint density at radius 2 is 2.00 bits per heavy atom. The van der Waals surface area contributed by atoms with Crippen LogP contribution in [-0.2, 0) is 0 Å². The van der Waals surface area contributed by atoms with Crippen LogP contribution in [0.1, 0.15) is 15.9 Å². The molecule has 17 heavy (non-hydrogen) atoms. The third-order valence-electron chi connectivity index (χ3n) is 2.01. The molecule has 0 aliphatic carbocycles. The van der Waals surface area contributed by atoms with Gasteiger partial charge < -0.3 is 5.32 Å². The monoisotopic (exact) mass is 313 g/mol. The van der Waals surface area contributed by atoms with Gasteiger partial charge in [-0.15, -0.1) is 0 Å². The van der Waals surface area contributed by atoms with Gasteiger partial charge in [-0.2, -0.15) is 13.2 Å². The van der Waals surface area contributed by atoms with Crippen molar-refractivity contribution in [2.24, 2.45) is 0 Å². The topological polar surface area (TPSA) is 29.1 Å². The number of amides is 1. The quantitative estimate of drug-likeness (QED) is 0.835. The fourth-order valence-corrected chi connectivity index (χ4v) is 1.42. The lowest BCUT2D eigenvalue weighted by atomic mass is 10.1. The zero-order chi connectivity index (χ0) is 13.2. The molecule has 0 heterocycles. The molecule has 1 N–H and O–H groups in total.